The monoisotopic (exact) mass is 436 g/mol. The van der Waals surface area contributed by atoms with Crippen molar-refractivity contribution in [3.8, 4) is 11.5 Å². The summed E-state index contributed by atoms with van der Waals surface area (Å²) >= 11 is 0. The Hall–Kier alpha value is -4.36. The second kappa shape index (κ2) is 8.53. The van der Waals surface area contributed by atoms with Gasteiger partial charge >= 0.3 is 0 Å². The van der Waals surface area contributed by atoms with Crippen LogP contribution in [0.4, 0.5) is 0 Å². The summed E-state index contributed by atoms with van der Waals surface area (Å²) in [5.41, 5.74) is 6.57. The van der Waals surface area contributed by atoms with Gasteiger partial charge in [-0.15, -0.1) is 0 Å². The summed E-state index contributed by atoms with van der Waals surface area (Å²) in [5, 5.41) is 0. The van der Waals surface area contributed by atoms with Gasteiger partial charge in [0.15, 0.2) is 0 Å². The number of ether oxygens (including phenoxy) is 1. The molecule has 6 rings (SSSR count). The lowest BCUT2D eigenvalue weighted by atomic mass is 9.67. The van der Waals surface area contributed by atoms with E-state index in [9.17, 15) is 0 Å². The third-order valence-electron chi connectivity index (χ3n) is 6.62. The van der Waals surface area contributed by atoms with Gasteiger partial charge in [0, 0.05) is 11.1 Å². The lowest BCUT2D eigenvalue weighted by molar-refractivity contribution is 0.474. The average Bonchev–Trinajstić information content (AvgIpc) is 2.93. The summed E-state index contributed by atoms with van der Waals surface area (Å²) in [6, 6.07) is 49.0. The maximum atomic E-state index is 6.30. The van der Waals surface area contributed by atoms with Gasteiger partial charge in [0.1, 0.15) is 11.5 Å². The van der Waals surface area contributed by atoms with Gasteiger partial charge in [-0.05, 0) is 34.4 Å². The molecule has 0 unspecified atom stereocenters. The summed E-state index contributed by atoms with van der Waals surface area (Å²) in [6.45, 7) is 0. The summed E-state index contributed by atoms with van der Waals surface area (Å²) < 4.78 is 6.30. The van der Waals surface area contributed by atoms with Crippen molar-refractivity contribution in [2.24, 2.45) is 0 Å². The summed E-state index contributed by atoms with van der Waals surface area (Å²) in [5.74, 6) is 1.77. The summed E-state index contributed by atoms with van der Waals surface area (Å²) in [6.07, 6.45) is 2.44. The van der Waals surface area contributed by atoms with Gasteiger partial charge < -0.3 is 4.74 Å². The molecule has 1 heterocycles. The SMILES string of the molecule is C(=C1c2ccccc2Oc2ccccc21)C(c1ccccc1)(c1ccccc1)c1ccccc1. The molecule has 0 saturated heterocycles. The maximum Gasteiger partial charge on any atom is 0.135 e. The van der Waals surface area contributed by atoms with E-state index in [0.29, 0.717) is 0 Å². The standard InChI is InChI=1S/C33H24O/c1-4-14-25(15-5-1)33(26-16-6-2-7-17-26,27-18-8-3-9-19-27)24-30-28-20-10-12-22-31(28)34-32-23-13-11-21-29(30)32/h1-24H. The van der Waals surface area contributed by atoms with Crippen LogP contribution < -0.4 is 4.74 Å². The molecule has 0 saturated carbocycles. The molecule has 0 bridgehead atoms. The number of hydrogen-bond acceptors (Lipinski definition) is 1. The molecule has 0 spiro atoms. The van der Waals surface area contributed by atoms with Crippen LogP contribution in [0.3, 0.4) is 0 Å². The van der Waals surface area contributed by atoms with Crippen LogP contribution >= 0.6 is 0 Å². The Morgan fingerprint density at radius 3 is 1.18 bits per heavy atom. The Balaban J connectivity index is 1.75. The molecule has 5 aromatic carbocycles. The minimum Gasteiger partial charge on any atom is -0.456 e. The van der Waals surface area contributed by atoms with E-state index >= 15 is 0 Å². The summed E-state index contributed by atoms with van der Waals surface area (Å²) in [7, 11) is 0. The molecule has 1 aliphatic heterocycles. The van der Waals surface area contributed by atoms with Crippen LogP contribution in [-0.4, -0.2) is 0 Å². The van der Waals surface area contributed by atoms with Crippen LogP contribution in [-0.2, 0) is 5.41 Å². The number of rotatable bonds is 4. The number of hydrogen-bond donors (Lipinski definition) is 0. The van der Waals surface area contributed by atoms with E-state index in [1.807, 2.05) is 24.3 Å². The Kier molecular flexibility index (Phi) is 5.08. The van der Waals surface area contributed by atoms with E-state index < -0.39 is 5.41 Å². The van der Waals surface area contributed by atoms with E-state index in [1.54, 1.807) is 0 Å². The predicted molar refractivity (Wildman–Crippen MR) is 139 cm³/mol. The van der Waals surface area contributed by atoms with Gasteiger partial charge in [0.2, 0.25) is 0 Å². The first-order valence-electron chi connectivity index (χ1n) is 11.6. The minimum absolute atomic E-state index is 0.489. The van der Waals surface area contributed by atoms with Crippen molar-refractivity contribution in [1.82, 2.24) is 0 Å². The smallest absolute Gasteiger partial charge is 0.135 e. The van der Waals surface area contributed by atoms with Crippen LogP contribution in [0.1, 0.15) is 27.8 Å². The molecule has 0 aliphatic carbocycles. The topological polar surface area (TPSA) is 9.23 Å². The number of benzene rings is 5. The fraction of sp³-hybridized carbons (Fsp3) is 0.0303. The Labute approximate surface area is 200 Å². The van der Waals surface area contributed by atoms with Gasteiger partial charge in [0.25, 0.3) is 0 Å². The highest BCUT2D eigenvalue weighted by atomic mass is 16.5. The zero-order chi connectivity index (χ0) is 22.8. The van der Waals surface area contributed by atoms with Gasteiger partial charge in [-0.2, -0.15) is 0 Å². The van der Waals surface area contributed by atoms with E-state index in [1.165, 1.54) is 22.3 Å². The number of fused-ring (bicyclic) bond motifs is 2. The highest BCUT2D eigenvalue weighted by Crippen LogP contribution is 2.48. The van der Waals surface area contributed by atoms with Crippen molar-refractivity contribution in [3.63, 3.8) is 0 Å². The molecule has 1 heteroatoms. The van der Waals surface area contributed by atoms with Gasteiger partial charge in [-0.3, -0.25) is 0 Å². The molecule has 0 amide bonds. The summed E-state index contributed by atoms with van der Waals surface area (Å²) in [4.78, 5) is 0. The normalized spacial score (nSPS) is 12.3. The predicted octanol–water partition coefficient (Wildman–Crippen LogP) is 8.26. The highest BCUT2D eigenvalue weighted by Gasteiger charge is 2.36. The number of para-hydroxylation sites is 2. The Bertz CT molecular complexity index is 1310. The van der Waals surface area contributed by atoms with Crippen molar-refractivity contribution >= 4 is 5.57 Å². The van der Waals surface area contributed by atoms with Crippen molar-refractivity contribution in [2.75, 3.05) is 0 Å². The van der Waals surface area contributed by atoms with Crippen LogP contribution in [0.2, 0.25) is 0 Å². The molecule has 162 valence electrons. The number of allylic oxidation sites excluding steroid dienone is 1. The molecule has 0 atom stereocenters. The van der Waals surface area contributed by atoms with Crippen LogP contribution in [0.5, 0.6) is 11.5 Å². The molecule has 0 radical (unpaired) electrons. The first kappa shape index (κ1) is 20.3. The average molecular weight is 437 g/mol. The first-order chi connectivity index (χ1) is 16.9. The fourth-order valence-corrected chi connectivity index (χ4v) is 5.04. The molecule has 0 aromatic heterocycles. The van der Waals surface area contributed by atoms with Gasteiger partial charge in [-0.1, -0.05) is 133 Å². The van der Waals surface area contributed by atoms with Crippen LogP contribution in [0.15, 0.2) is 146 Å². The zero-order valence-corrected chi connectivity index (χ0v) is 18.8. The van der Waals surface area contributed by atoms with E-state index in [2.05, 4.69) is 121 Å². The van der Waals surface area contributed by atoms with E-state index in [4.69, 9.17) is 4.74 Å². The molecular formula is C33H24O. The molecule has 0 fully saturated rings. The molecule has 1 nitrogen and oxygen atoms in total. The van der Waals surface area contributed by atoms with E-state index in [-0.39, 0.29) is 0 Å². The Morgan fingerprint density at radius 1 is 0.412 bits per heavy atom. The van der Waals surface area contributed by atoms with Gasteiger partial charge in [-0.25, -0.2) is 0 Å². The van der Waals surface area contributed by atoms with Crippen LogP contribution in [0, 0.1) is 0 Å². The maximum absolute atomic E-state index is 6.30. The molecular weight excluding hydrogens is 412 g/mol. The minimum atomic E-state index is -0.489. The lowest BCUT2D eigenvalue weighted by Crippen LogP contribution is -2.28. The van der Waals surface area contributed by atoms with Crippen molar-refractivity contribution in [3.05, 3.63) is 173 Å². The highest BCUT2D eigenvalue weighted by molar-refractivity contribution is 5.89. The van der Waals surface area contributed by atoms with Crippen molar-refractivity contribution in [1.29, 1.82) is 0 Å². The molecule has 5 aromatic rings. The van der Waals surface area contributed by atoms with Crippen LogP contribution in [0.25, 0.3) is 5.57 Å². The van der Waals surface area contributed by atoms with Gasteiger partial charge in [0.05, 0.1) is 5.41 Å². The van der Waals surface area contributed by atoms with Crippen molar-refractivity contribution in [2.45, 2.75) is 5.41 Å². The second-order valence-electron chi connectivity index (χ2n) is 8.56. The largest absolute Gasteiger partial charge is 0.456 e. The Morgan fingerprint density at radius 2 is 0.765 bits per heavy atom. The quantitative estimate of drug-likeness (QED) is 0.253. The molecule has 1 aliphatic rings. The fourth-order valence-electron chi connectivity index (χ4n) is 5.04. The first-order valence-corrected chi connectivity index (χ1v) is 11.6. The second-order valence-corrected chi connectivity index (χ2v) is 8.56. The third kappa shape index (κ3) is 3.34. The lowest BCUT2D eigenvalue weighted by Gasteiger charge is -2.35. The van der Waals surface area contributed by atoms with Crippen molar-refractivity contribution < 1.29 is 4.74 Å². The third-order valence-corrected chi connectivity index (χ3v) is 6.62. The molecule has 0 N–H and O–H groups in total. The zero-order valence-electron chi connectivity index (χ0n) is 18.8. The van der Waals surface area contributed by atoms with E-state index in [0.717, 1.165) is 22.6 Å². The molecule has 34 heavy (non-hydrogen) atoms.